The van der Waals surface area contributed by atoms with E-state index in [1.807, 2.05) is 0 Å². The maximum absolute atomic E-state index is 10.9. The van der Waals surface area contributed by atoms with Gasteiger partial charge in [-0.05, 0) is 11.6 Å². The zero-order chi connectivity index (χ0) is 9.42. The first kappa shape index (κ1) is 8.07. The van der Waals surface area contributed by atoms with E-state index in [2.05, 4.69) is 0 Å². The second-order valence-electron chi connectivity index (χ2n) is 2.93. The van der Waals surface area contributed by atoms with Gasteiger partial charge >= 0.3 is 5.97 Å². The fourth-order valence-corrected chi connectivity index (χ4v) is 1.27. The Morgan fingerprint density at radius 1 is 1.46 bits per heavy atom. The van der Waals surface area contributed by atoms with Crippen LogP contribution < -0.4 is 4.74 Å². The van der Waals surface area contributed by atoms with Gasteiger partial charge in [-0.3, -0.25) is 0 Å². The highest BCUT2D eigenvalue weighted by Crippen LogP contribution is 2.28. The fraction of sp³-hybridized carbons (Fsp3) is 0.222. The van der Waals surface area contributed by atoms with Gasteiger partial charge in [0.05, 0.1) is 0 Å². The minimum atomic E-state index is -1.09. The fourth-order valence-electron chi connectivity index (χ4n) is 1.27. The molecule has 0 saturated carbocycles. The zero-order valence-corrected chi connectivity index (χ0v) is 6.73. The average Bonchev–Trinajstić information content (AvgIpc) is 2.08. The smallest absolute Gasteiger partial charge is 0.340 e. The number of ether oxygens (including phenoxy) is 1. The molecule has 1 aromatic rings. The van der Waals surface area contributed by atoms with Crippen LogP contribution >= 0.6 is 0 Å². The molecule has 0 saturated heterocycles. The van der Waals surface area contributed by atoms with E-state index >= 15 is 0 Å². The Hall–Kier alpha value is -1.55. The van der Waals surface area contributed by atoms with Gasteiger partial charge in [-0.2, -0.15) is 0 Å². The molecule has 0 spiro atoms. The predicted molar refractivity (Wildman–Crippen MR) is 43.5 cm³/mol. The number of carbonyl (C=O) groups is 1. The molecule has 1 heterocycles. The van der Waals surface area contributed by atoms with Crippen molar-refractivity contribution in [1.29, 1.82) is 0 Å². The van der Waals surface area contributed by atoms with Crippen molar-refractivity contribution in [3.63, 3.8) is 0 Å². The molecule has 2 rings (SSSR count). The van der Waals surface area contributed by atoms with E-state index in [0.717, 1.165) is 5.56 Å². The van der Waals surface area contributed by atoms with Crippen molar-refractivity contribution in [3.05, 3.63) is 23.8 Å². The number of benzene rings is 1. The number of aliphatic hydroxyl groups is 1. The first-order valence-corrected chi connectivity index (χ1v) is 3.88. The lowest BCUT2D eigenvalue weighted by atomic mass is 10.0. The summed E-state index contributed by atoms with van der Waals surface area (Å²) in [5.74, 6) is -0.295. The Balaban J connectivity index is 2.42. The number of aromatic hydroxyl groups is 1. The van der Waals surface area contributed by atoms with E-state index in [-0.39, 0.29) is 12.2 Å². The summed E-state index contributed by atoms with van der Waals surface area (Å²) in [7, 11) is 0. The van der Waals surface area contributed by atoms with Gasteiger partial charge in [-0.25, -0.2) is 4.79 Å². The molecule has 1 aliphatic rings. The van der Waals surface area contributed by atoms with E-state index in [1.54, 1.807) is 6.07 Å². The number of hydrogen-bond donors (Lipinski definition) is 2. The van der Waals surface area contributed by atoms with Crippen molar-refractivity contribution < 1.29 is 19.7 Å². The van der Waals surface area contributed by atoms with Gasteiger partial charge in [0.1, 0.15) is 11.5 Å². The highest BCUT2D eigenvalue weighted by atomic mass is 16.6. The summed E-state index contributed by atoms with van der Waals surface area (Å²) in [4.78, 5) is 10.9. The standard InChI is InChI=1S/C9H8O4/c10-6-2-1-5-3-7(11)9(12)13-8(5)4-6/h1-2,4,7,10-11H,3H2. The van der Waals surface area contributed by atoms with Gasteiger partial charge in [-0.15, -0.1) is 0 Å². The van der Waals surface area contributed by atoms with Crippen molar-refractivity contribution in [1.82, 2.24) is 0 Å². The molecule has 4 heteroatoms. The molecule has 0 aromatic heterocycles. The molecule has 0 aliphatic carbocycles. The molecule has 0 radical (unpaired) electrons. The summed E-state index contributed by atoms with van der Waals surface area (Å²) in [5.41, 5.74) is 0.727. The Labute approximate surface area is 74.4 Å². The molecule has 68 valence electrons. The Morgan fingerprint density at radius 2 is 2.23 bits per heavy atom. The van der Waals surface area contributed by atoms with Crippen molar-refractivity contribution in [2.45, 2.75) is 12.5 Å². The molecule has 13 heavy (non-hydrogen) atoms. The molecule has 0 fully saturated rings. The summed E-state index contributed by atoms with van der Waals surface area (Å²) < 4.78 is 4.78. The maximum Gasteiger partial charge on any atom is 0.340 e. The summed E-state index contributed by atoms with van der Waals surface area (Å²) in [6.45, 7) is 0. The van der Waals surface area contributed by atoms with Crippen LogP contribution in [-0.4, -0.2) is 22.3 Å². The molecule has 1 atom stereocenters. The molecule has 1 aromatic carbocycles. The van der Waals surface area contributed by atoms with Crippen LogP contribution in [0.3, 0.4) is 0 Å². The second-order valence-corrected chi connectivity index (χ2v) is 2.93. The van der Waals surface area contributed by atoms with Gasteiger partial charge in [0.2, 0.25) is 0 Å². The van der Waals surface area contributed by atoms with Crippen LogP contribution in [0, 0.1) is 0 Å². The van der Waals surface area contributed by atoms with Crippen molar-refractivity contribution >= 4 is 5.97 Å². The van der Waals surface area contributed by atoms with Crippen LogP contribution in [0.1, 0.15) is 5.56 Å². The third-order valence-corrected chi connectivity index (χ3v) is 1.95. The third-order valence-electron chi connectivity index (χ3n) is 1.95. The Morgan fingerprint density at radius 3 is 3.00 bits per heavy atom. The lowest BCUT2D eigenvalue weighted by molar-refractivity contribution is -0.145. The molecular weight excluding hydrogens is 172 g/mol. The van der Waals surface area contributed by atoms with Gasteiger partial charge in [0, 0.05) is 12.5 Å². The van der Waals surface area contributed by atoms with Crippen LogP contribution in [0.2, 0.25) is 0 Å². The van der Waals surface area contributed by atoms with Crippen LogP contribution in [-0.2, 0) is 11.2 Å². The van der Waals surface area contributed by atoms with Crippen LogP contribution in [0.5, 0.6) is 11.5 Å². The maximum atomic E-state index is 10.9. The number of esters is 1. The summed E-state index contributed by atoms with van der Waals surface area (Å²) in [5, 5.41) is 18.2. The second kappa shape index (κ2) is 2.74. The normalized spacial score (nSPS) is 20.7. The quantitative estimate of drug-likeness (QED) is 0.442. The number of hydrogen-bond acceptors (Lipinski definition) is 4. The summed E-state index contributed by atoms with van der Waals surface area (Å²) in [6.07, 6.45) is -0.842. The van der Waals surface area contributed by atoms with Crippen LogP contribution in [0.25, 0.3) is 0 Å². The van der Waals surface area contributed by atoms with Gasteiger partial charge in [0.15, 0.2) is 6.10 Å². The Bertz CT molecular complexity index is 359. The lowest BCUT2D eigenvalue weighted by Crippen LogP contribution is -2.32. The molecular formula is C9H8O4. The van der Waals surface area contributed by atoms with E-state index in [4.69, 9.17) is 14.9 Å². The van der Waals surface area contributed by atoms with E-state index in [9.17, 15) is 4.79 Å². The topological polar surface area (TPSA) is 66.8 Å². The zero-order valence-electron chi connectivity index (χ0n) is 6.73. The Kier molecular flexibility index (Phi) is 1.70. The SMILES string of the molecule is O=C1Oc2cc(O)ccc2CC1O. The van der Waals surface area contributed by atoms with Crippen molar-refractivity contribution in [2.24, 2.45) is 0 Å². The molecule has 1 aliphatic heterocycles. The summed E-state index contributed by atoms with van der Waals surface area (Å²) in [6, 6.07) is 4.48. The van der Waals surface area contributed by atoms with Gasteiger partial charge < -0.3 is 14.9 Å². The predicted octanol–water partition coefficient (Wildman–Crippen LogP) is 0.215. The number of fused-ring (bicyclic) bond motifs is 1. The highest BCUT2D eigenvalue weighted by Gasteiger charge is 2.26. The molecule has 2 N–H and O–H groups in total. The summed E-state index contributed by atoms with van der Waals surface area (Å²) >= 11 is 0. The minimum Gasteiger partial charge on any atom is -0.508 e. The highest BCUT2D eigenvalue weighted by molar-refractivity contribution is 5.80. The number of phenolic OH excluding ortho intramolecular Hbond substituents is 1. The molecule has 0 amide bonds. The number of phenols is 1. The van der Waals surface area contributed by atoms with Crippen LogP contribution in [0.15, 0.2) is 18.2 Å². The van der Waals surface area contributed by atoms with E-state index < -0.39 is 12.1 Å². The molecule has 4 nitrogen and oxygen atoms in total. The minimum absolute atomic E-state index is 0.0444. The van der Waals surface area contributed by atoms with Crippen LogP contribution in [0.4, 0.5) is 0 Å². The number of carbonyl (C=O) groups excluding carboxylic acids is 1. The monoisotopic (exact) mass is 180 g/mol. The first-order chi connectivity index (χ1) is 6.16. The molecule has 1 unspecified atom stereocenters. The van der Waals surface area contributed by atoms with E-state index in [0.29, 0.717) is 5.75 Å². The van der Waals surface area contributed by atoms with Gasteiger partial charge in [-0.1, -0.05) is 6.07 Å². The number of rotatable bonds is 0. The van der Waals surface area contributed by atoms with Crippen molar-refractivity contribution in [2.75, 3.05) is 0 Å². The average molecular weight is 180 g/mol. The van der Waals surface area contributed by atoms with Crippen molar-refractivity contribution in [3.8, 4) is 11.5 Å². The lowest BCUT2D eigenvalue weighted by Gasteiger charge is -2.19. The third kappa shape index (κ3) is 1.36. The molecule has 0 bridgehead atoms. The van der Waals surface area contributed by atoms with E-state index in [1.165, 1.54) is 12.1 Å². The first-order valence-electron chi connectivity index (χ1n) is 3.88. The largest absolute Gasteiger partial charge is 0.508 e. The van der Waals surface area contributed by atoms with Gasteiger partial charge in [0.25, 0.3) is 0 Å². The number of aliphatic hydroxyl groups excluding tert-OH is 1.